The van der Waals surface area contributed by atoms with E-state index in [1.165, 1.54) is 0 Å². The maximum absolute atomic E-state index is 13.0. The molecule has 0 saturated heterocycles. The summed E-state index contributed by atoms with van der Waals surface area (Å²) in [6.45, 7) is 0. The number of nitrogen functional groups attached to an aromatic ring is 1. The van der Waals surface area contributed by atoms with Gasteiger partial charge in [0.2, 0.25) is 5.52 Å². The summed E-state index contributed by atoms with van der Waals surface area (Å²) >= 11 is 0. The van der Waals surface area contributed by atoms with Gasteiger partial charge in [-0.15, -0.1) is 4.73 Å². The Balaban J connectivity index is 3.03. The largest absolute Gasteiger partial charge is 0.710 e. The molecule has 0 aliphatic carbocycles. The summed E-state index contributed by atoms with van der Waals surface area (Å²) in [6.07, 6.45) is 0. The molecule has 1 aromatic heterocycles. The molecule has 4 N–H and O–H groups in total. The summed E-state index contributed by atoms with van der Waals surface area (Å²) < 4.78 is 25.8. The lowest BCUT2D eigenvalue weighted by Crippen LogP contribution is -2.47. The molecular weight excluding hydrogens is 250 g/mol. The highest BCUT2D eigenvalue weighted by atomic mass is 19.2. The van der Waals surface area contributed by atoms with Crippen molar-refractivity contribution < 1.29 is 23.0 Å². The second kappa shape index (κ2) is 3.65. The fraction of sp³-hybridized carbons (Fsp3) is 0. The van der Waals surface area contributed by atoms with E-state index in [9.17, 15) is 24.0 Å². The first-order valence-corrected chi connectivity index (χ1v) is 4.57. The van der Waals surface area contributed by atoms with Gasteiger partial charge in [0.15, 0.2) is 11.6 Å². The molecule has 94 valence electrons. The Morgan fingerprint density at radius 3 is 2.00 bits per heavy atom. The van der Waals surface area contributed by atoms with E-state index in [-0.39, 0.29) is 9.46 Å². The van der Waals surface area contributed by atoms with E-state index in [0.29, 0.717) is 12.1 Å². The summed E-state index contributed by atoms with van der Waals surface area (Å²) in [6, 6.07) is 0.991. The first-order chi connectivity index (χ1) is 8.34. The molecule has 0 atom stereocenters. The second-order valence-corrected chi connectivity index (χ2v) is 3.44. The van der Waals surface area contributed by atoms with Gasteiger partial charge in [-0.3, -0.25) is 10.5 Å². The minimum absolute atomic E-state index is 0.0631. The van der Waals surface area contributed by atoms with Gasteiger partial charge in [0.25, 0.3) is 5.52 Å². The number of nitrogens with two attached hydrogens (primary N) is 2. The number of nitrogens with zero attached hydrogens (tertiary/aromatic N) is 2. The molecule has 18 heavy (non-hydrogen) atoms. The molecule has 0 saturated carbocycles. The molecule has 0 bridgehead atoms. The Kier molecular flexibility index (Phi) is 2.39. The Morgan fingerprint density at radius 1 is 1.11 bits per heavy atom. The van der Waals surface area contributed by atoms with Crippen LogP contribution in [-0.4, -0.2) is 5.91 Å². The summed E-state index contributed by atoms with van der Waals surface area (Å²) in [7, 11) is 0. The summed E-state index contributed by atoms with van der Waals surface area (Å²) in [5.74, 6) is -4.69. The Hall–Kier alpha value is -2.71. The van der Waals surface area contributed by atoms with Gasteiger partial charge in [0.05, 0.1) is 6.07 Å². The Morgan fingerprint density at radius 2 is 1.56 bits per heavy atom. The molecule has 1 aromatic carbocycles. The topological polar surface area (TPSA) is 123 Å². The van der Waals surface area contributed by atoms with Gasteiger partial charge in [-0.1, -0.05) is 0 Å². The lowest BCUT2D eigenvalue weighted by molar-refractivity contribution is -0.620. The molecule has 2 rings (SSSR count). The Bertz CT molecular complexity index is 690. The van der Waals surface area contributed by atoms with Gasteiger partial charge in [-0.25, -0.2) is 13.5 Å². The van der Waals surface area contributed by atoms with Crippen molar-refractivity contribution in [1.29, 1.82) is 0 Å². The zero-order chi connectivity index (χ0) is 13.6. The highest BCUT2D eigenvalue weighted by Gasteiger charge is 2.29. The summed E-state index contributed by atoms with van der Waals surface area (Å²) in [5.41, 5.74) is 8.25. The monoisotopic (exact) mass is 256 g/mol. The standard InChI is InChI=1S/C9H6F2N4O3/c10-3-1-5-6(2-4(3)11)15(18)8(12)7(9(13)16)14(5)17/h1-2H,12H2,(H2,13,16). The minimum Gasteiger partial charge on any atom is -0.710 e. The number of aromatic nitrogens is 2. The molecule has 1 amide bonds. The molecular formula is C9H6F2N4O3. The SMILES string of the molecule is NC(=O)c1c(N)[n+]([O-])c2cc(F)c(F)cc2[n+]1[O-]. The van der Waals surface area contributed by atoms with Gasteiger partial charge in [0.1, 0.15) is 0 Å². The van der Waals surface area contributed by atoms with Gasteiger partial charge >= 0.3 is 17.4 Å². The van der Waals surface area contributed by atoms with Gasteiger partial charge in [0, 0.05) is 6.07 Å². The van der Waals surface area contributed by atoms with Gasteiger partial charge < -0.3 is 16.1 Å². The lowest BCUT2D eigenvalue weighted by Gasteiger charge is -2.11. The maximum Gasteiger partial charge on any atom is 0.372 e. The highest BCUT2D eigenvalue weighted by Crippen LogP contribution is 2.15. The van der Waals surface area contributed by atoms with Gasteiger partial charge in [-0.2, -0.15) is 0 Å². The van der Waals surface area contributed by atoms with Crippen LogP contribution in [0.15, 0.2) is 12.1 Å². The number of hydrogen-bond acceptors (Lipinski definition) is 4. The number of fused-ring (bicyclic) bond motifs is 1. The van der Waals surface area contributed by atoms with Crippen molar-refractivity contribution in [3.05, 3.63) is 39.9 Å². The number of primary amides is 1. The molecule has 0 spiro atoms. The van der Waals surface area contributed by atoms with Crippen LogP contribution >= 0.6 is 0 Å². The van der Waals surface area contributed by atoms with Crippen molar-refractivity contribution in [1.82, 2.24) is 0 Å². The molecule has 9 heteroatoms. The predicted octanol–water partition coefficient (Wildman–Crippen LogP) is -0.934. The quantitative estimate of drug-likeness (QED) is 0.505. The third-order valence-electron chi connectivity index (χ3n) is 2.35. The zero-order valence-corrected chi connectivity index (χ0v) is 8.68. The van der Waals surface area contributed by atoms with Crippen molar-refractivity contribution in [2.45, 2.75) is 0 Å². The van der Waals surface area contributed by atoms with E-state index in [1.807, 2.05) is 0 Å². The first kappa shape index (κ1) is 11.8. The smallest absolute Gasteiger partial charge is 0.372 e. The van der Waals surface area contributed by atoms with Gasteiger partial charge in [-0.05, 0) is 0 Å². The van der Waals surface area contributed by atoms with Crippen LogP contribution in [0.2, 0.25) is 0 Å². The number of carbonyl (C=O) groups excluding carboxylic acids is 1. The summed E-state index contributed by atoms with van der Waals surface area (Å²) in [4.78, 5) is 11.0. The van der Waals surface area contributed by atoms with Crippen molar-refractivity contribution in [2.75, 3.05) is 5.73 Å². The number of rotatable bonds is 1. The highest BCUT2D eigenvalue weighted by molar-refractivity contribution is 5.93. The van der Waals surface area contributed by atoms with Crippen LogP contribution in [0.4, 0.5) is 14.6 Å². The van der Waals surface area contributed by atoms with Crippen molar-refractivity contribution in [2.24, 2.45) is 5.73 Å². The van der Waals surface area contributed by atoms with Crippen molar-refractivity contribution in [3.63, 3.8) is 0 Å². The molecule has 0 aliphatic rings. The first-order valence-electron chi connectivity index (χ1n) is 4.57. The van der Waals surface area contributed by atoms with E-state index >= 15 is 0 Å². The van der Waals surface area contributed by atoms with Crippen molar-refractivity contribution >= 4 is 22.8 Å². The maximum atomic E-state index is 13.0. The minimum atomic E-state index is -1.34. The Labute approximate surface area is 98.0 Å². The molecule has 0 aliphatic heterocycles. The van der Waals surface area contributed by atoms with E-state index in [4.69, 9.17) is 11.5 Å². The third-order valence-corrected chi connectivity index (χ3v) is 2.35. The zero-order valence-electron chi connectivity index (χ0n) is 8.68. The van der Waals surface area contributed by atoms with E-state index in [2.05, 4.69) is 0 Å². The number of halogens is 2. The number of anilines is 1. The fourth-order valence-electron chi connectivity index (χ4n) is 1.53. The molecule has 0 unspecified atom stereocenters. The van der Waals surface area contributed by atoms with Crippen LogP contribution in [0.1, 0.15) is 10.5 Å². The number of benzene rings is 1. The van der Waals surface area contributed by atoms with E-state index in [0.717, 1.165) is 0 Å². The van der Waals surface area contributed by atoms with Crippen LogP contribution < -0.4 is 20.9 Å². The van der Waals surface area contributed by atoms with Crippen LogP contribution in [0, 0.1) is 22.0 Å². The number of hydrogen-bond donors (Lipinski definition) is 2. The average Bonchev–Trinajstić information content (AvgIpc) is 2.29. The van der Waals surface area contributed by atoms with E-state index in [1.54, 1.807) is 0 Å². The lowest BCUT2D eigenvalue weighted by atomic mass is 10.2. The molecule has 7 nitrogen and oxygen atoms in total. The molecule has 0 radical (unpaired) electrons. The molecule has 0 fully saturated rings. The van der Waals surface area contributed by atoms with Crippen LogP contribution in [0.25, 0.3) is 11.0 Å². The number of amides is 1. The van der Waals surface area contributed by atoms with Crippen molar-refractivity contribution in [3.8, 4) is 0 Å². The number of carbonyl (C=O) groups is 1. The fourth-order valence-corrected chi connectivity index (χ4v) is 1.53. The average molecular weight is 256 g/mol. The van der Waals surface area contributed by atoms with Crippen LogP contribution in [-0.2, 0) is 0 Å². The molecule has 2 aromatic rings. The second-order valence-electron chi connectivity index (χ2n) is 3.44. The predicted molar refractivity (Wildman–Crippen MR) is 54.7 cm³/mol. The molecule has 1 heterocycles. The normalized spacial score (nSPS) is 10.8. The van der Waals surface area contributed by atoms with Crippen LogP contribution in [0.5, 0.6) is 0 Å². The third kappa shape index (κ3) is 1.44. The summed E-state index contributed by atoms with van der Waals surface area (Å²) in [5, 5.41) is 23.3. The van der Waals surface area contributed by atoms with E-state index < -0.39 is 40.1 Å². The van der Waals surface area contributed by atoms with Crippen LogP contribution in [0.3, 0.4) is 0 Å².